The van der Waals surface area contributed by atoms with E-state index in [0.29, 0.717) is 32.7 Å². The van der Waals surface area contributed by atoms with Crippen LogP contribution in [0.3, 0.4) is 0 Å². The van der Waals surface area contributed by atoms with Crippen molar-refractivity contribution in [2.45, 2.75) is 38.1 Å². The molecule has 0 spiro atoms. The van der Waals surface area contributed by atoms with Gasteiger partial charge in [0.2, 0.25) is 11.8 Å². The highest BCUT2D eigenvalue weighted by molar-refractivity contribution is 5.89. The molecule has 0 aromatic heterocycles. The highest BCUT2D eigenvalue weighted by Crippen LogP contribution is 2.25. The standard InChI is InChI=1S/C19H26N2O3/c22-18-13-16(14-21(18)17-8-11-24-12-9-17)19(23)20-10-4-7-15-5-2-1-3-6-15/h1-3,5-6,16-17H,4,7-14H2,(H,20,23). The van der Waals surface area contributed by atoms with Crippen molar-refractivity contribution in [1.29, 1.82) is 0 Å². The first kappa shape index (κ1) is 17.0. The molecule has 130 valence electrons. The monoisotopic (exact) mass is 330 g/mol. The maximum atomic E-state index is 12.3. The molecule has 1 unspecified atom stereocenters. The number of aryl methyl sites for hydroxylation is 1. The van der Waals surface area contributed by atoms with Gasteiger partial charge >= 0.3 is 0 Å². The largest absolute Gasteiger partial charge is 0.381 e. The summed E-state index contributed by atoms with van der Waals surface area (Å²) >= 11 is 0. The van der Waals surface area contributed by atoms with Gasteiger partial charge in [-0.2, -0.15) is 0 Å². The summed E-state index contributed by atoms with van der Waals surface area (Å²) in [6.45, 7) is 2.65. The Balaban J connectivity index is 1.40. The summed E-state index contributed by atoms with van der Waals surface area (Å²) in [5.74, 6) is -0.0608. The molecule has 5 heteroatoms. The molecule has 1 aromatic rings. The number of ether oxygens (including phenoxy) is 1. The third-order valence-corrected chi connectivity index (χ3v) is 4.95. The van der Waals surface area contributed by atoms with Crippen molar-refractivity contribution >= 4 is 11.8 Å². The van der Waals surface area contributed by atoms with Crippen LogP contribution in [-0.2, 0) is 20.7 Å². The summed E-state index contributed by atoms with van der Waals surface area (Å²) < 4.78 is 5.35. The zero-order valence-electron chi connectivity index (χ0n) is 14.1. The molecular weight excluding hydrogens is 304 g/mol. The van der Waals surface area contributed by atoms with Gasteiger partial charge in [-0.1, -0.05) is 30.3 Å². The number of nitrogens with zero attached hydrogens (tertiary/aromatic N) is 1. The van der Waals surface area contributed by atoms with Gasteiger partial charge in [0, 0.05) is 38.8 Å². The Morgan fingerprint density at radius 1 is 1.21 bits per heavy atom. The number of rotatable bonds is 6. The van der Waals surface area contributed by atoms with Crippen molar-refractivity contribution in [2.75, 3.05) is 26.3 Å². The van der Waals surface area contributed by atoms with Crippen LogP contribution in [0, 0.1) is 5.92 Å². The molecule has 2 fully saturated rings. The maximum absolute atomic E-state index is 12.3. The lowest BCUT2D eigenvalue weighted by molar-refractivity contribution is -0.131. The average molecular weight is 330 g/mol. The van der Waals surface area contributed by atoms with Crippen LogP contribution in [0.2, 0.25) is 0 Å². The molecule has 0 radical (unpaired) electrons. The lowest BCUT2D eigenvalue weighted by atomic mass is 10.1. The number of carbonyl (C=O) groups is 2. The van der Waals surface area contributed by atoms with Crippen molar-refractivity contribution < 1.29 is 14.3 Å². The molecule has 3 rings (SSSR count). The van der Waals surface area contributed by atoms with Crippen molar-refractivity contribution in [1.82, 2.24) is 10.2 Å². The Morgan fingerprint density at radius 3 is 2.71 bits per heavy atom. The van der Waals surface area contributed by atoms with Gasteiger partial charge in [-0.25, -0.2) is 0 Å². The van der Waals surface area contributed by atoms with Crippen molar-refractivity contribution in [3.63, 3.8) is 0 Å². The predicted octanol–water partition coefficient (Wildman–Crippen LogP) is 1.76. The number of hydrogen-bond acceptors (Lipinski definition) is 3. The van der Waals surface area contributed by atoms with E-state index in [2.05, 4.69) is 17.4 Å². The van der Waals surface area contributed by atoms with E-state index in [1.807, 2.05) is 23.1 Å². The van der Waals surface area contributed by atoms with Gasteiger partial charge in [0.25, 0.3) is 0 Å². The van der Waals surface area contributed by atoms with Crippen molar-refractivity contribution in [3.8, 4) is 0 Å². The van der Waals surface area contributed by atoms with Crippen LogP contribution < -0.4 is 5.32 Å². The van der Waals surface area contributed by atoms with E-state index in [9.17, 15) is 9.59 Å². The maximum Gasteiger partial charge on any atom is 0.225 e. The summed E-state index contributed by atoms with van der Waals surface area (Å²) in [5, 5.41) is 3.00. The van der Waals surface area contributed by atoms with Gasteiger partial charge < -0.3 is 15.0 Å². The second kappa shape index (κ2) is 8.29. The molecule has 1 aromatic carbocycles. The molecule has 0 bridgehead atoms. The first-order valence-electron chi connectivity index (χ1n) is 8.93. The summed E-state index contributed by atoms with van der Waals surface area (Å²) in [4.78, 5) is 26.4. The number of likely N-dealkylation sites (tertiary alicyclic amines) is 1. The van der Waals surface area contributed by atoms with Crippen molar-refractivity contribution in [3.05, 3.63) is 35.9 Å². The minimum atomic E-state index is -0.197. The van der Waals surface area contributed by atoms with Crippen LogP contribution in [0.1, 0.15) is 31.2 Å². The van der Waals surface area contributed by atoms with E-state index >= 15 is 0 Å². The van der Waals surface area contributed by atoms with Crippen LogP contribution >= 0.6 is 0 Å². The molecule has 1 N–H and O–H groups in total. The molecule has 0 aliphatic carbocycles. The molecule has 2 saturated heterocycles. The molecular formula is C19H26N2O3. The predicted molar refractivity (Wildman–Crippen MR) is 91.4 cm³/mol. The summed E-state index contributed by atoms with van der Waals surface area (Å²) in [6, 6.07) is 10.5. The quantitative estimate of drug-likeness (QED) is 0.809. The third kappa shape index (κ3) is 4.35. The Bertz CT molecular complexity index is 555. The smallest absolute Gasteiger partial charge is 0.225 e. The number of carbonyl (C=O) groups excluding carboxylic acids is 2. The third-order valence-electron chi connectivity index (χ3n) is 4.95. The lowest BCUT2D eigenvalue weighted by Crippen LogP contribution is -2.41. The topological polar surface area (TPSA) is 58.6 Å². The molecule has 5 nitrogen and oxygen atoms in total. The minimum Gasteiger partial charge on any atom is -0.381 e. The first-order valence-corrected chi connectivity index (χ1v) is 8.93. The van der Waals surface area contributed by atoms with Gasteiger partial charge in [-0.15, -0.1) is 0 Å². The van der Waals surface area contributed by atoms with E-state index in [4.69, 9.17) is 4.74 Å². The highest BCUT2D eigenvalue weighted by Gasteiger charge is 2.38. The Kier molecular flexibility index (Phi) is 5.86. The van der Waals surface area contributed by atoms with Gasteiger partial charge in [-0.3, -0.25) is 9.59 Å². The van der Waals surface area contributed by atoms with E-state index in [1.165, 1.54) is 5.56 Å². The second-order valence-corrected chi connectivity index (χ2v) is 6.67. The number of benzene rings is 1. The summed E-state index contributed by atoms with van der Waals surface area (Å²) in [7, 11) is 0. The van der Waals surface area contributed by atoms with Crippen LogP contribution in [0.25, 0.3) is 0 Å². The Labute approximate surface area is 143 Å². The molecule has 0 saturated carbocycles. The number of amides is 2. The van der Waals surface area contributed by atoms with E-state index < -0.39 is 0 Å². The van der Waals surface area contributed by atoms with E-state index in [1.54, 1.807) is 0 Å². The molecule has 2 heterocycles. The highest BCUT2D eigenvalue weighted by atomic mass is 16.5. The van der Waals surface area contributed by atoms with E-state index in [-0.39, 0.29) is 23.8 Å². The minimum absolute atomic E-state index is 0.0194. The number of nitrogens with one attached hydrogen (secondary N) is 1. The Morgan fingerprint density at radius 2 is 1.96 bits per heavy atom. The molecule has 2 amide bonds. The fraction of sp³-hybridized carbons (Fsp3) is 0.579. The molecule has 2 aliphatic heterocycles. The summed E-state index contributed by atoms with van der Waals surface area (Å²) in [6.07, 6.45) is 4.00. The average Bonchev–Trinajstić information content (AvgIpc) is 3.02. The lowest BCUT2D eigenvalue weighted by Gasteiger charge is -2.31. The van der Waals surface area contributed by atoms with Gasteiger partial charge in [-0.05, 0) is 31.2 Å². The fourth-order valence-corrected chi connectivity index (χ4v) is 3.55. The van der Waals surface area contributed by atoms with Crippen molar-refractivity contribution in [2.24, 2.45) is 5.92 Å². The molecule has 2 aliphatic rings. The van der Waals surface area contributed by atoms with Crippen LogP contribution in [0.5, 0.6) is 0 Å². The van der Waals surface area contributed by atoms with Crippen LogP contribution in [0.4, 0.5) is 0 Å². The second-order valence-electron chi connectivity index (χ2n) is 6.67. The van der Waals surface area contributed by atoms with Gasteiger partial charge in [0.1, 0.15) is 0 Å². The fourth-order valence-electron chi connectivity index (χ4n) is 3.55. The van der Waals surface area contributed by atoms with Crippen LogP contribution in [0.15, 0.2) is 30.3 Å². The Hall–Kier alpha value is -1.88. The molecule has 1 atom stereocenters. The SMILES string of the molecule is O=C(NCCCc1ccccc1)C1CC(=O)N(C2CCOCC2)C1. The molecule has 24 heavy (non-hydrogen) atoms. The normalized spacial score (nSPS) is 21.9. The van der Waals surface area contributed by atoms with E-state index in [0.717, 1.165) is 25.7 Å². The first-order chi connectivity index (χ1) is 11.7. The zero-order valence-corrected chi connectivity index (χ0v) is 14.1. The summed E-state index contributed by atoms with van der Waals surface area (Å²) in [5.41, 5.74) is 1.29. The van der Waals surface area contributed by atoms with Crippen LogP contribution in [-0.4, -0.2) is 49.1 Å². The number of hydrogen-bond donors (Lipinski definition) is 1. The zero-order chi connectivity index (χ0) is 16.8. The van der Waals surface area contributed by atoms with Gasteiger partial charge in [0.05, 0.1) is 5.92 Å². The van der Waals surface area contributed by atoms with Gasteiger partial charge in [0.15, 0.2) is 0 Å².